The number of rotatable bonds is 5. The van der Waals surface area contributed by atoms with Crippen molar-refractivity contribution in [1.82, 2.24) is 5.32 Å². The van der Waals surface area contributed by atoms with Crippen LogP contribution in [0.2, 0.25) is 5.02 Å². The molecule has 1 aromatic rings. The number of nitrogens with one attached hydrogen (secondary N) is 1. The summed E-state index contributed by atoms with van der Waals surface area (Å²) in [7, 11) is 1.94. The average molecular weight is 307 g/mol. The van der Waals surface area contributed by atoms with Gasteiger partial charge in [0.1, 0.15) is 5.75 Å². The lowest BCUT2D eigenvalue weighted by Crippen LogP contribution is -2.32. The molecule has 4 heteroatoms. The summed E-state index contributed by atoms with van der Waals surface area (Å²) >= 11 is 9.43. The molecule has 0 heterocycles. The Hall–Kier alpha value is -0.250. The van der Waals surface area contributed by atoms with Gasteiger partial charge in [0.2, 0.25) is 0 Å². The van der Waals surface area contributed by atoms with Crippen molar-refractivity contribution < 1.29 is 4.74 Å². The van der Waals surface area contributed by atoms with Crippen LogP contribution in [0.3, 0.4) is 0 Å². The fraction of sp³-hybridized carbons (Fsp3) is 0.500. The van der Waals surface area contributed by atoms with Gasteiger partial charge in [0.25, 0.3) is 0 Å². The third-order valence-electron chi connectivity index (χ3n) is 2.17. The van der Waals surface area contributed by atoms with Gasteiger partial charge in [0.15, 0.2) is 0 Å². The molecule has 0 aliphatic heterocycles. The van der Waals surface area contributed by atoms with Crippen LogP contribution in [0.4, 0.5) is 0 Å². The third kappa shape index (κ3) is 4.32. The van der Waals surface area contributed by atoms with E-state index in [2.05, 4.69) is 35.1 Å². The van der Waals surface area contributed by atoms with E-state index in [0.29, 0.717) is 11.6 Å². The zero-order chi connectivity index (χ0) is 12.2. The molecular formula is C12H17BrClNO. The Morgan fingerprint density at radius 2 is 2.12 bits per heavy atom. The van der Waals surface area contributed by atoms with Crippen molar-refractivity contribution in [3.05, 3.63) is 27.7 Å². The average Bonchev–Trinajstić information content (AvgIpc) is 2.16. The van der Waals surface area contributed by atoms with Gasteiger partial charge in [0, 0.05) is 16.4 Å². The maximum atomic E-state index is 6.06. The molecule has 16 heavy (non-hydrogen) atoms. The van der Waals surface area contributed by atoms with Gasteiger partial charge in [-0.2, -0.15) is 0 Å². The fourth-order valence-electron chi connectivity index (χ4n) is 1.39. The minimum Gasteiger partial charge on any atom is -0.491 e. The Balaban J connectivity index is 2.61. The highest BCUT2D eigenvalue weighted by atomic mass is 79.9. The third-order valence-corrected chi connectivity index (χ3v) is 2.96. The van der Waals surface area contributed by atoms with Crippen molar-refractivity contribution in [1.29, 1.82) is 0 Å². The second-order valence-corrected chi connectivity index (χ2v) is 5.88. The molecule has 0 saturated heterocycles. The second kappa shape index (κ2) is 5.89. The fourth-order valence-corrected chi connectivity index (χ4v) is 2.12. The van der Waals surface area contributed by atoms with E-state index >= 15 is 0 Å². The van der Waals surface area contributed by atoms with E-state index in [1.807, 2.05) is 25.2 Å². The van der Waals surface area contributed by atoms with Gasteiger partial charge in [0.05, 0.1) is 11.6 Å². The Morgan fingerprint density at radius 3 is 2.69 bits per heavy atom. The van der Waals surface area contributed by atoms with Crippen LogP contribution < -0.4 is 10.1 Å². The van der Waals surface area contributed by atoms with Gasteiger partial charge in [-0.25, -0.2) is 0 Å². The van der Waals surface area contributed by atoms with Crippen LogP contribution >= 0.6 is 27.5 Å². The van der Waals surface area contributed by atoms with Crippen LogP contribution in [-0.4, -0.2) is 20.2 Å². The normalized spacial score (nSPS) is 11.6. The molecule has 0 bridgehead atoms. The summed E-state index contributed by atoms with van der Waals surface area (Å²) in [6, 6.07) is 5.64. The summed E-state index contributed by atoms with van der Waals surface area (Å²) in [5.41, 5.74) is 0.0884. The molecule has 2 nitrogen and oxygen atoms in total. The minimum absolute atomic E-state index is 0.0884. The van der Waals surface area contributed by atoms with Crippen molar-refractivity contribution in [3.63, 3.8) is 0 Å². The largest absolute Gasteiger partial charge is 0.491 e. The monoisotopic (exact) mass is 305 g/mol. The van der Waals surface area contributed by atoms with Crippen LogP contribution in [0.1, 0.15) is 13.8 Å². The van der Waals surface area contributed by atoms with Crippen LogP contribution in [0.15, 0.2) is 22.7 Å². The van der Waals surface area contributed by atoms with Crippen LogP contribution in [-0.2, 0) is 0 Å². The van der Waals surface area contributed by atoms with E-state index in [1.54, 1.807) is 0 Å². The Morgan fingerprint density at radius 1 is 1.44 bits per heavy atom. The first-order valence-electron chi connectivity index (χ1n) is 5.17. The Bertz CT molecular complexity index is 355. The number of hydrogen-bond donors (Lipinski definition) is 1. The Labute approximate surface area is 110 Å². The number of benzene rings is 1. The number of halogens is 2. The van der Waals surface area contributed by atoms with E-state index in [-0.39, 0.29) is 5.41 Å². The van der Waals surface area contributed by atoms with E-state index in [0.717, 1.165) is 16.8 Å². The van der Waals surface area contributed by atoms with Gasteiger partial charge in [-0.05, 0) is 25.2 Å². The molecule has 0 spiro atoms. The van der Waals surface area contributed by atoms with Gasteiger partial charge in [-0.15, -0.1) is 0 Å². The molecule has 1 aromatic carbocycles. The standard InChI is InChI=1S/C12H17BrClNO/c1-12(2,7-15-3)8-16-11-5-4-9(13)6-10(11)14/h4-6,15H,7-8H2,1-3H3. The van der Waals surface area contributed by atoms with E-state index in [9.17, 15) is 0 Å². The summed E-state index contributed by atoms with van der Waals surface area (Å²) in [4.78, 5) is 0. The summed E-state index contributed by atoms with van der Waals surface area (Å²) < 4.78 is 6.67. The second-order valence-electron chi connectivity index (χ2n) is 4.56. The summed E-state index contributed by atoms with van der Waals surface area (Å²) in [5, 5.41) is 3.78. The lowest BCUT2D eigenvalue weighted by Gasteiger charge is -2.24. The van der Waals surface area contributed by atoms with Crippen molar-refractivity contribution >= 4 is 27.5 Å². The van der Waals surface area contributed by atoms with E-state index in [1.165, 1.54) is 0 Å². The molecule has 0 aliphatic carbocycles. The van der Waals surface area contributed by atoms with E-state index < -0.39 is 0 Å². The molecule has 0 saturated carbocycles. The van der Waals surface area contributed by atoms with Gasteiger partial charge in [-0.3, -0.25) is 0 Å². The van der Waals surface area contributed by atoms with Crippen molar-refractivity contribution in [3.8, 4) is 5.75 Å². The first kappa shape index (κ1) is 13.8. The number of ether oxygens (including phenoxy) is 1. The first-order valence-corrected chi connectivity index (χ1v) is 6.34. The molecule has 0 unspecified atom stereocenters. The first-order chi connectivity index (χ1) is 7.44. The summed E-state index contributed by atoms with van der Waals surface area (Å²) in [6.07, 6.45) is 0. The molecular weight excluding hydrogens is 289 g/mol. The summed E-state index contributed by atoms with van der Waals surface area (Å²) in [6.45, 7) is 5.84. The van der Waals surface area contributed by atoms with Crippen molar-refractivity contribution in [2.75, 3.05) is 20.2 Å². The number of hydrogen-bond acceptors (Lipinski definition) is 2. The van der Waals surface area contributed by atoms with Crippen molar-refractivity contribution in [2.24, 2.45) is 5.41 Å². The molecule has 0 aromatic heterocycles. The van der Waals surface area contributed by atoms with Crippen LogP contribution in [0, 0.1) is 5.41 Å². The smallest absolute Gasteiger partial charge is 0.137 e. The minimum atomic E-state index is 0.0884. The molecule has 0 radical (unpaired) electrons. The molecule has 0 atom stereocenters. The summed E-state index contributed by atoms with van der Waals surface area (Å²) in [5.74, 6) is 0.731. The topological polar surface area (TPSA) is 21.3 Å². The quantitative estimate of drug-likeness (QED) is 0.895. The molecule has 0 aliphatic rings. The zero-order valence-corrected chi connectivity index (χ0v) is 12.2. The van der Waals surface area contributed by atoms with Crippen LogP contribution in [0.25, 0.3) is 0 Å². The lowest BCUT2D eigenvalue weighted by atomic mass is 9.95. The zero-order valence-electron chi connectivity index (χ0n) is 9.81. The highest BCUT2D eigenvalue weighted by Gasteiger charge is 2.18. The molecule has 90 valence electrons. The van der Waals surface area contributed by atoms with Gasteiger partial charge >= 0.3 is 0 Å². The predicted molar refractivity (Wildman–Crippen MR) is 72.4 cm³/mol. The predicted octanol–water partition coefficient (Wildman–Crippen LogP) is 3.73. The highest BCUT2D eigenvalue weighted by molar-refractivity contribution is 9.10. The maximum absolute atomic E-state index is 6.06. The molecule has 0 amide bonds. The SMILES string of the molecule is CNCC(C)(C)COc1ccc(Br)cc1Cl. The lowest BCUT2D eigenvalue weighted by molar-refractivity contribution is 0.179. The van der Waals surface area contributed by atoms with Gasteiger partial charge in [-0.1, -0.05) is 41.4 Å². The molecule has 1 rings (SSSR count). The Kier molecular flexibility index (Phi) is 5.09. The van der Waals surface area contributed by atoms with Crippen LogP contribution in [0.5, 0.6) is 5.75 Å². The van der Waals surface area contributed by atoms with E-state index in [4.69, 9.17) is 16.3 Å². The van der Waals surface area contributed by atoms with Gasteiger partial charge < -0.3 is 10.1 Å². The molecule has 0 fully saturated rings. The van der Waals surface area contributed by atoms with Crippen molar-refractivity contribution in [2.45, 2.75) is 13.8 Å². The highest BCUT2D eigenvalue weighted by Crippen LogP contribution is 2.29. The maximum Gasteiger partial charge on any atom is 0.137 e. The molecule has 1 N–H and O–H groups in total.